The Bertz CT molecular complexity index is 1290. The van der Waals surface area contributed by atoms with Crippen molar-refractivity contribution in [3.05, 3.63) is 94.1 Å². The lowest BCUT2D eigenvalue weighted by atomic mass is 10.2. The first-order valence-corrected chi connectivity index (χ1v) is 12.4. The van der Waals surface area contributed by atoms with E-state index in [0.717, 1.165) is 27.8 Å². The SMILES string of the molecule is COc1ccc2c(c1)N(C)C(=C1SC(=NCCc3ccccc3)N(c3ccc(F)cc3)C1=O)S2. The van der Waals surface area contributed by atoms with E-state index in [1.54, 1.807) is 35.9 Å². The number of amides is 1. The summed E-state index contributed by atoms with van der Waals surface area (Å²) in [5, 5.41) is 1.44. The average Bonchev–Trinajstić information content (AvgIpc) is 3.36. The summed E-state index contributed by atoms with van der Waals surface area (Å²) >= 11 is 2.91. The molecule has 0 atom stereocenters. The maximum Gasteiger partial charge on any atom is 0.274 e. The van der Waals surface area contributed by atoms with Gasteiger partial charge in [-0.3, -0.25) is 14.7 Å². The van der Waals surface area contributed by atoms with Crippen LogP contribution in [0.15, 0.2) is 92.6 Å². The van der Waals surface area contributed by atoms with Gasteiger partial charge in [-0.15, -0.1) is 0 Å². The Morgan fingerprint density at radius 2 is 1.76 bits per heavy atom. The first-order valence-electron chi connectivity index (χ1n) is 10.8. The van der Waals surface area contributed by atoms with Crippen molar-refractivity contribution < 1.29 is 13.9 Å². The van der Waals surface area contributed by atoms with Gasteiger partial charge in [0.15, 0.2) is 5.17 Å². The molecule has 2 heterocycles. The Balaban J connectivity index is 1.49. The van der Waals surface area contributed by atoms with Crippen LogP contribution in [-0.2, 0) is 11.2 Å². The number of methoxy groups -OCH3 is 1. The van der Waals surface area contributed by atoms with Crippen molar-refractivity contribution in [1.29, 1.82) is 0 Å². The van der Waals surface area contributed by atoms with Crippen LogP contribution in [0.3, 0.4) is 0 Å². The molecule has 5 rings (SSSR count). The first kappa shape index (κ1) is 22.6. The minimum absolute atomic E-state index is 0.163. The van der Waals surface area contributed by atoms with Gasteiger partial charge in [0.05, 0.1) is 23.5 Å². The summed E-state index contributed by atoms with van der Waals surface area (Å²) in [7, 11) is 3.58. The molecule has 3 aromatic rings. The molecule has 0 N–H and O–H groups in total. The first-order chi connectivity index (χ1) is 16.5. The molecule has 0 unspecified atom stereocenters. The molecule has 1 saturated heterocycles. The molecule has 0 bridgehead atoms. The van der Waals surface area contributed by atoms with Crippen molar-refractivity contribution in [2.45, 2.75) is 11.3 Å². The highest BCUT2D eigenvalue weighted by atomic mass is 32.2. The van der Waals surface area contributed by atoms with Crippen molar-refractivity contribution in [2.24, 2.45) is 4.99 Å². The highest BCUT2D eigenvalue weighted by molar-refractivity contribution is 8.20. The summed E-state index contributed by atoms with van der Waals surface area (Å²) in [4.78, 5) is 23.7. The number of thioether (sulfide) groups is 2. The van der Waals surface area contributed by atoms with E-state index in [9.17, 15) is 9.18 Å². The van der Waals surface area contributed by atoms with E-state index in [-0.39, 0.29) is 11.7 Å². The number of rotatable bonds is 5. The molecule has 0 aliphatic carbocycles. The molecule has 1 fully saturated rings. The molecule has 34 heavy (non-hydrogen) atoms. The maximum absolute atomic E-state index is 13.6. The minimum atomic E-state index is -0.348. The van der Waals surface area contributed by atoms with E-state index in [1.807, 2.05) is 48.3 Å². The molecule has 2 aliphatic rings. The predicted octanol–water partition coefficient (Wildman–Crippen LogP) is 5.92. The van der Waals surface area contributed by atoms with E-state index in [4.69, 9.17) is 9.73 Å². The Morgan fingerprint density at radius 1 is 1.00 bits per heavy atom. The molecule has 3 aromatic carbocycles. The third-order valence-electron chi connectivity index (χ3n) is 5.59. The summed E-state index contributed by atoms with van der Waals surface area (Å²) in [6.45, 7) is 0.542. The molecule has 8 heteroatoms. The average molecular weight is 492 g/mol. The molecule has 0 saturated carbocycles. The lowest BCUT2D eigenvalue weighted by molar-refractivity contribution is -0.113. The number of carbonyl (C=O) groups excluding carboxylic acids is 1. The molecular weight excluding hydrogens is 469 g/mol. The number of fused-ring (bicyclic) bond motifs is 1. The smallest absolute Gasteiger partial charge is 0.274 e. The summed E-state index contributed by atoms with van der Waals surface area (Å²) in [6.07, 6.45) is 0.766. The standard InChI is InChI=1S/C26H22FN3O2S2/c1-29-21-16-20(32-2)12-13-22(21)33-25(29)23-24(31)30(19-10-8-18(27)9-11-19)26(34-23)28-15-14-17-6-4-3-5-7-17/h3-13,16H,14-15H2,1-2H3. The number of hydrogen-bond donors (Lipinski definition) is 0. The van der Waals surface area contributed by atoms with Crippen LogP contribution in [0.1, 0.15) is 5.56 Å². The van der Waals surface area contributed by atoms with E-state index in [2.05, 4.69) is 12.1 Å². The predicted molar refractivity (Wildman–Crippen MR) is 138 cm³/mol. The lowest BCUT2D eigenvalue weighted by Gasteiger charge is -2.17. The summed E-state index contributed by atoms with van der Waals surface area (Å²) in [5.41, 5.74) is 2.77. The van der Waals surface area contributed by atoms with Gasteiger partial charge in [0.25, 0.3) is 5.91 Å². The van der Waals surface area contributed by atoms with Crippen LogP contribution in [0.4, 0.5) is 15.8 Å². The summed E-state index contributed by atoms with van der Waals surface area (Å²) in [5.74, 6) is 0.253. The largest absolute Gasteiger partial charge is 0.497 e. The van der Waals surface area contributed by atoms with E-state index >= 15 is 0 Å². The maximum atomic E-state index is 13.6. The Labute approximate surface area is 206 Å². The molecule has 0 spiro atoms. The van der Waals surface area contributed by atoms with Crippen molar-refractivity contribution in [1.82, 2.24) is 0 Å². The molecule has 2 aliphatic heterocycles. The number of halogens is 1. The number of aliphatic imine (C=N–C) groups is 1. The van der Waals surface area contributed by atoms with Crippen molar-refractivity contribution >= 4 is 46.0 Å². The zero-order valence-corrected chi connectivity index (χ0v) is 20.3. The van der Waals surface area contributed by atoms with Gasteiger partial charge in [-0.2, -0.15) is 0 Å². The second-order valence-corrected chi connectivity index (χ2v) is 9.76. The molecule has 1 amide bonds. The Hall–Kier alpha value is -3.23. The fourth-order valence-electron chi connectivity index (χ4n) is 3.80. The number of nitrogens with zero attached hydrogens (tertiary/aromatic N) is 3. The second-order valence-electron chi connectivity index (χ2n) is 7.75. The van der Waals surface area contributed by atoms with Gasteiger partial charge >= 0.3 is 0 Å². The molecule has 172 valence electrons. The quantitative estimate of drug-likeness (QED) is 0.415. The number of hydrogen-bond acceptors (Lipinski definition) is 6. The number of carbonyl (C=O) groups is 1. The van der Waals surface area contributed by atoms with Gasteiger partial charge in [-0.05, 0) is 60.1 Å². The van der Waals surface area contributed by atoms with Gasteiger partial charge in [0, 0.05) is 24.6 Å². The van der Waals surface area contributed by atoms with Gasteiger partial charge < -0.3 is 9.64 Å². The molecule has 0 aromatic heterocycles. The van der Waals surface area contributed by atoms with E-state index < -0.39 is 0 Å². The second kappa shape index (κ2) is 9.56. The molecule has 5 nitrogen and oxygen atoms in total. The van der Waals surface area contributed by atoms with Crippen LogP contribution in [0.25, 0.3) is 0 Å². The van der Waals surface area contributed by atoms with Crippen LogP contribution in [0.5, 0.6) is 5.75 Å². The zero-order chi connectivity index (χ0) is 23.7. The number of ether oxygens (including phenoxy) is 1. The number of amidine groups is 1. The van der Waals surface area contributed by atoms with Crippen molar-refractivity contribution in [2.75, 3.05) is 30.5 Å². The fourth-order valence-corrected chi connectivity index (χ4v) is 6.13. The van der Waals surface area contributed by atoms with Crippen LogP contribution in [0, 0.1) is 5.82 Å². The van der Waals surface area contributed by atoms with E-state index in [0.29, 0.717) is 22.3 Å². The van der Waals surface area contributed by atoms with Crippen molar-refractivity contribution in [3.63, 3.8) is 0 Å². The minimum Gasteiger partial charge on any atom is -0.497 e. The van der Waals surface area contributed by atoms with Crippen LogP contribution >= 0.6 is 23.5 Å². The van der Waals surface area contributed by atoms with Gasteiger partial charge in [0.2, 0.25) is 0 Å². The topological polar surface area (TPSA) is 45.1 Å². The lowest BCUT2D eigenvalue weighted by Crippen LogP contribution is -2.29. The Kier molecular flexibility index (Phi) is 6.34. The number of benzene rings is 3. The molecule has 0 radical (unpaired) electrons. The highest BCUT2D eigenvalue weighted by Crippen LogP contribution is 2.51. The summed E-state index contributed by atoms with van der Waals surface area (Å²) < 4.78 is 18.9. The third kappa shape index (κ3) is 4.31. The summed E-state index contributed by atoms with van der Waals surface area (Å²) in [6, 6.07) is 21.9. The zero-order valence-electron chi connectivity index (χ0n) is 18.7. The fraction of sp³-hybridized carbons (Fsp3) is 0.154. The normalized spacial score (nSPS) is 18.7. The van der Waals surface area contributed by atoms with E-state index in [1.165, 1.54) is 29.5 Å². The Morgan fingerprint density at radius 3 is 2.50 bits per heavy atom. The van der Waals surface area contributed by atoms with Gasteiger partial charge in [0.1, 0.15) is 16.5 Å². The highest BCUT2D eigenvalue weighted by Gasteiger charge is 2.40. The third-order valence-corrected chi connectivity index (χ3v) is 8.02. The van der Waals surface area contributed by atoms with Gasteiger partial charge in [-0.1, -0.05) is 42.1 Å². The van der Waals surface area contributed by atoms with Gasteiger partial charge in [-0.25, -0.2) is 4.39 Å². The monoisotopic (exact) mass is 491 g/mol. The number of anilines is 2. The van der Waals surface area contributed by atoms with Crippen LogP contribution in [0.2, 0.25) is 0 Å². The van der Waals surface area contributed by atoms with Crippen LogP contribution < -0.4 is 14.5 Å². The van der Waals surface area contributed by atoms with Crippen molar-refractivity contribution in [3.8, 4) is 5.75 Å². The molecular formula is C26H22FN3O2S2. The van der Waals surface area contributed by atoms with Crippen LogP contribution in [-0.4, -0.2) is 31.8 Å².